The van der Waals surface area contributed by atoms with Crippen LogP contribution < -0.4 is 25.9 Å². The van der Waals surface area contributed by atoms with Gasteiger partial charge in [-0.15, -0.1) is 0 Å². The Morgan fingerprint density at radius 2 is 1.69 bits per heavy atom. The molecule has 2 N–H and O–H groups in total. The van der Waals surface area contributed by atoms with Gasteiger partial charge in [-0.05, 0) is 55.7 Å². The van der Waals surface area contributed by atoms with Crippen LogP contribution in [0, 0.1) is 0 Å². The fourth-order valence-corrected chi connectivity index (χ4v) is 4.25. The highest BCUT2D eigenvalue weighted by Gasteiger charge is 2.16. The number of nitrogens with one attached hydrogen (secondary N) is 2. The van der Waals surface area contributed by atoms with Crippen LogP contribution in [0.5, 0.6) is 11.5 Å². The second-order valence-electron chi connectivity index (χ2n) is 8.86. The molecular formula is C27H32N4O5. The molecule has 0 fully saturated rings. The summed E-state index contributed by atoms with van der Waals surface area (Å²) in [5.41, 5.74) is 5.86. The number of carbonyl (C=O) groups is 2. The zero-order chi connectivity index (χ0) is 25.5. The van der Waals surface area contributed by atoms with Crippen molar-refractivity contribution in [2.75, 3.05) is 13.7 Å². The van der Waals surface area contributed by atoms with Gasteiger partial charge in [0.05, 0.1) is 24.6 Å². The molecule has 9 nitrogen and oxygen atoms in total. The predicted octanol–water partition coefficient (Wildman–Crippen LogP) is 3.78. The number of benzene rings is 2. The van der Waals surface area contributed by atoms with Crippen LogP contribution in [0.25, 0.3) is 10.9 Å². The highest BCUT2D eigenvalue weighted by atomic mass is 16.5. The van der Waals surface area contributed by atoms with Gasteiger partial charge in [0.2, 0.25) is 0 Å². The van der Waals surface area contributed by atoms with Crippen molar-refractivity contribution in [2.45, 2.75) is 58.4 Å². The lowest BCUT2D eigenvalue weighted by molar-refractivity contribution is 0.0846. The Morgan fingerprint density at radius 3 is 2.44 bits per heavy atom. The molecule has 0 radical (unpaired) electrons. The maximum atomic E-state index is 13.0. The number of hydrazine groups is 1. The smallest absolute Gasteiger partial charge is 0.269 e. The second kappa shape index (κ2) is 11.7. The quantitative estimate of drug-likeness (QED) is 0.384. The molecule has 0 spiro atoms. The highest BCUT2D eigenvalue weighted by Crippen LogP contribution is 2.28. The Morgan fingerprint density at radius 1 is 0.972 bits per heavy atom. The maximum Gasteiger partial charge on any atom is 0.269 e. The summed E-state index contributed by atoms with van der Waals surface area (Å²) >= 11 is 0. The van der Waals surface area contributed by atoms with Crippen molar-refractivity contribution < 1.29 is 19.1 Å². The van der Waals surface area contributed by atoms with Crippen molar-refractivity contribution in [3.8, 4) is 11.5 Å². The van der Waals surface area contributed by atoms with Crippen molar-refractivity contribution >= 4 is 22.7 Å². The molecule has 9 heteroatoms. The van der Waals surface area contributed by atoms with Gasteiger partial charge in [-0.1, -0.05) is 26.2 Å². The number of unbranched alkanes of at least 4 members (excludes halogenated alkanes) is 1. The number of rotatable bonds is 7. The van der Waals surface area contributed by atoms with Gasteiger partial charge in [0.15, 0.2) is 11.5 Å². The minimum absolute atomic E-state index is 0.0757. The number of hydrogen-bond donors (Lipinski definition) is 2. The predicted molar refractivity (Wildman–Crippen MR) is 137 cm³/mol. The number of amides is 2. The van der Waals surface area contributed by atoms with Crippen LogP contribution in [0.4, 0.5) is 0 Å². The second-order valence-corrected chi connectivity index (χ2v) is 8.86. The van der Waals surface area contributed by atoms with Crippen molar-refractivity contribution in [3.63, 3.8) is 0 Å². The fourth-order valence-electron chi connectivity index (χ4n) is 4.25. The van der Waals surface area contributed by atoms with Gasteiger partial charge in [-0.25, -0.2) is 4.98 Å². The number of ether oxygens (including phenoxy) is 2. The monoisotopic (exact) mass is 492 g/mol. The highest BCUT2D eigenvalue weighted by molar-refractivity contribution is 6.01. The van der Waals surface area contributed by atoms with Crippen LogP contribution >= 0.6 is 0 Å². The van der Waals surface area contributed by atoms with Gasteiger partial charge in [0.1, 0.15) is 5.82 Å². The number of methoxy groups -OCH3 is 1. The van der Waals surface area contributed by atoms with Crippen molar-refractivity contribution in [3.05, 3.63) is 63.7 Å². The largest absolute Gasteiger partial charge is 0.493 e. The normalized spacial score (nSPS) is 13.3. The minimum atomic E-state index is -0.509. The average Bonchev–Trinajstić information content (AvgIpc) is 2.88. The lowest BCUT2D eigenvalue weighted by Gasteiger charge is -2.16. The van der Waals surface area contributed by atoms with E-state index in [4.69, 9.17) is 9.47 Å². The first kappa shape index (κ1) is 25.2. The van der Waals surface area contributed by atoms with E-state index < -0.39 is 11.8 Å². The molecule has 3 aromatic rings. The minimum Gasteiger partial charge on any atom is -0.493 e. The maximum absolute atomic E-state index is 13.0. The molecule has 0 saturated carbocycles. The Bertz CT molecular complexity index is 1320. The van der Waals surface area contributed by atoms with Gasteiger partial charge in [-0.3, -0.25) is 29.8 Å². The van der Waals surface area contributed by atoms with E-state index in [0.29, 0.717) is 46.7 Å². The molecule has 0 saturated heterocycles. The number of carbonyl (C=O) groups excluding carboxylic acids is 2. The summed E-state index contributed by atoms with van der Waals surface area (Å²) in [5.74, 6) is 0.742. The summed E-state index contributed by atoms with van der Waals surface area (Å²) in [7, 11) is 1.51. The van der Waals surface area contributed by atoms with E-state index in [2.05, 4.69) is 22.8 Å². The Kier molecular flexibility index (Phi) is 8.20. The van der Waals surface area contributed by atoms with E-state index >= 15 is 0 Å². The molecule has 2 amide bonds. The molecule has 2 aromatic carbocycles. The Balaban J connectivity index is 1.46. The van der Waals surface area contributed by atoms with E-state index in [-0.39, 0.29) is 5.56 Å². The number of hydrogen-bond acceptors (Lipinski definition) is 6. The summed E-state index contributed by atoms with van der Waals surface area (Å²) in [4.78, 5) is 43.0. The first-order valence-electron chi connectivity index (χ1n) is 12.5. The molecule has 1 aliphatic heterocycles. The van der Waals surface area contributed by atoms with Gasteiger partial charge >= 0.3 is 0 Å². The fraction of sp³-hybridized carbons (Fsp3) is 0.407. The van der Waals surface area contributed by atoms with E-state index in [9.17, 15) is 14.4 Å². The van der Waals surface area contributed by atoms with E-state index in [0.717, 1.165) is 50.8 Å². The van der Waals surface area contributed by atoms with Crippen LogP contribution in [0.15, 0.2) is 41.2 Å². The van der Waals surface area contributed by atoms with Gasteiger partial charge < -0.3 is 9.47 Å². The molecule has 4 rings (SSSR count). The summed E-state index contributed by atoms with van der Waals surface area (Å²) in [6.45, 7) is 3.30. The molecule has 0 bridgehead atoms. The summed E-state index contributed by atoms with van der Waals surface area (Å²) < 4.78 is 12.8. The van der Waals surface area contributed by atoms with Crippen molar-refractivity contribution in [1.29, 1.82) is 0 Å². The standard InChI is InChI=1S/C27H32N4O5/c1-3-4-15-36-22-13-11-19(17-23(22)35-2)26(33)30-29-25(32)18-10-12-20-21(16-18)28-24-9-7-5-6-8-14-31(24)27(20)34/h10-13,16-17H,3-9,14-15H2,1-2H3,(H,29,32)(H,30,33). The topological polar surface area (TPSA) is 112 Å². The number of fused-ring (bicyclic) bond motifs is 2. The number of nitrogens with zero attached hydrogens (tertiary/aromatic N) is 2. The van der Waals surface area contributed by atoms with Crippen LogP contribution in [-0.2, 0) is 13.0 Å². The lowest BCUT2D eigenvalue weighted by Crippen LogP contribution is -2.41. The third kappa shape index (κ3) is 5.67. The SMILES string of the molecule is CCCCOc1ccc(C(=O)NNC(=O)c2ccc3c(=O)n4c(nc3c2)CCCCCC4)cc1OC. The molecule has 2 heterocycles. The summed E-state index contributed by atoms with van der Waals surface area (Å²) in [6.07, 6.45) is 6.84. The van der Waals surface area contributed by atoms with Crippen LogP contribution in [-0.4, -0.2) is 35.1 Å². The molecule has 0 atom stereocenters. The lowest BCUT2D eigenvalue weighted by atomic mass is 10.1. The number of aromatic nitrogens is 2. The molecular weight excluding hydrogens is 460 g/mol. The third-order valence-electron chi connectivity index (χ3n) is 6.30. The first-order chi connectivity index (χ1) is 17.5. The number of aryl methyl sites for hydroxylation is 1. The molecule has 0 unspecified atom stereocenters. The molecule has 1 aromatic heterocycles. The summed E-state index contributed by atoms with van der Waals surface area (Å²) in [6, 6.07) is 9.60. The van der Waals surface area contributed by atoms with Gasteiger partial charge in [-0.2, -0.15) is 0 Å². The molecule has 0 aliphatic carbocycles. The van der Waals surface area contributed by atoms with E-state index in [1.54, 1.807) is 41.0 Å². The van der Waals surface area contributed by atoms with Gasteiger partial charge in [0, 0.05) is 24.1 Å². The van der Waals surface area contributed by atoms with Crippen LogP contribution in [0.2, 0.25) is 0 Å². The van der Waals surface area contributed by atoms with Crippen LogP contribution in [0.1, 0.15) is 72.0 Å². The Hall–Kier alpha value is -3.88. The first-order valence-corrected chi connectivity index (χ1v) is 12.5. The molecule has 190 valence electrons. The third-order valence-corrected chi connectivity index (χ3v) is 6.30. The van der Waals surface area contributed by atoms with Gasteiger partial charge in [0.25, 0.3) is 17.4 Å². The molecule has 36 heavy (non-hydrogen) atoms. The molecule has 1 aliphatic rings. The average molecular weight is 493 g/mol. The zero-order valence-electron chi connectivity index (χ0n) is 20.8. The van der Waals surface area contributed by atoms with E-state index in [1.807, 2.05) is 0 Å². The Labute approximate surface area is 209 Å². The van der Waals surface area contributed by atoms with E-state index in [1.165, 1.54) is 7.11 Å². The van der Waals surface area contributed by atoms with Crippen molar-refractivity contribution in [1.82, 2.24) is 20.4 Å². The van der Waals surface area contributed by atoms with Crippen LogP contribution in [0.3, 0.4) is 0 Å². The zero-order valence-corrected chi connectivity index (χ0v) is 20.8. The summed E-state index contributed by atoms with van der Waals surface area (Å²) in [5, 5.41) is 0.480. The van der Waals surface area contributed by atoms with Crippen molar-refractivity contribution in [2.24, 2.45) is 0 Å².